The number of pyridine rings is 1. The molecule has 0 unspecified atom stereocenters. The Morgan fingerprint density at radius 1 is 0.532 bits per heavy atom. The third-order valence-corrected chi connectivity index (χ3v) is 16.6. The molecule has 77 heavy (non-hydrogen) atoms. The molecular formula is C69H54BN5OPt-2. The van der Waals surface area contributed by atoms with Crippen LogP contribution >= 0.6 is 0 Å². The van der Waals surface area contributed by atoms with Gasteiger partial charge in [0.15, 0.2) is 0 Å². The average Bonchev–Trinajstić information content (AvgIpc) is 4.07. The third kappa shape index (κ3) is 7.49. The normalized spacial score (nSPS) is 13.9. The SMILES string of the molecule is [2H]C([2H])([2H])c1ccccc1-c1cc2c(nc1Oc1[c-]c(-n3[c](=[Pt])n(-c4c(-c5ccccc5)cc(C(C)(C)C)cc4-c4cccc(C(C)(C)C)c4)c4ccccc43)ccc1)N1B3c4c(cccc4-2)-c2ccccc2N3c2ccc[c-]c21. The topological polar surface area (TPSA) is 38.5 Å². The standard InChI is InChI=1S/C69H54BN5O.Pt/c1-44-22-11-12-29-51(44)58-42-57-54-32-21-31-53-52-30-13-14-33-59(52)74-62-36-17-18-37-63(62)75(70(74)64(53)54)66(57)71-67(58)76-50-28-20-27-49(41-50)72-43-73(61-35-16-15-34-60(61)72)65-55(45-23-9-8-10-24-45)39-48(69(5,6)7)40-56(65)46-25-19-26-47(38-46)68(2,3)4;/h8-36,38-40,42H,1-7H3;/q-2;/i1D3;. The first-order chi connectivity index (χ1) is 38.5. The van der Waals surface area contributed by atoms with Crippen molar-refractivity contribution in [2.75, 3.05) is 9.62 Å². The summed E-state index contributed by atoms with van der Waals surface area (Å²) >= 11 is 2.49. The van der Waals surface area contributed by atoms with Crippen LogP contribution in [0.25, 0.3) is 78.0 Å². The van der Waals surface area contributed by atoms with Gasteiger partial charge < -0.3 is 0 Å². The van der Waals surface area contributed by atoms with E-state index in [0.717, 1.165) is 93.2 Å². The van der Waals surface area contributed by atoms with Gasteiger partial charge in [0.25, 0.3) is 0 Å². The first-order valence-electron chi connectivity index (χ1n) is 27.7. The molecule has 0 spiro atoms. The second kappa shape index (κ2) is 17.7. The van der Waals surface area contributed by atoms with Gasteiger partial charge >= 0.3 is 398 Å². The van der Waals surface area contributed by atoms with Gasteiger partial charge in [0.1, 0.15) is 0 Å². The number of ether oxygens (including phenoxy) is 1. The predicted octanol–water partition coefficient (Wildman–Crippen LogP) is 16.8. The van der Waals surface area contributed by atoms with E-state index < -0.39 is 6.85 Å². The zero-order valence-corrected chi connectivity index (χ0v) is 45.9. The summed E-state index contributed by atoms with van der Waals surface area (Å²) in [6, 6.07) is 76.8. The first kappa shape index (κ1) is 43.9. The molecule has 9 aromatic carbocycles. The van der Waals surface area contributed by atoms with E-state index in [1.165, 1.54) is 11.1 Å². The van der Waals surface area contributed by atoms with E-state index in [0.29, 0.717) is 22.7 Å². The van der Waals surface area contributed by atoms with Crippen LogP contribution in [0.15, 0.2) is 200 Å². The molecule has 8 heteroatoms. The summed E-state index contributed by atoms with van der Waals surface area (Å²) in [5.41, 5.74) is 20.4. The number of rotatable bonds is 7. The molecule has 0 saturated carbocycles. The van der Waals surface area contributed by atoms with Gasteiger partial charge in [-0.25, -0.2) is 0 Å². The number of hydrogen-bond donors (Lipinski definition) is 0. The Hall–Kier alpha value is -8.25. The maximum atomic E-state index is 8.78. The predicted molar refractivity (Wildman–Crippen MR) is 313 cm³/mol. The van der Waals surface area contributed by atoms with Crippen LogP contribution in [0.5, 0.6) is 11.6 Å². The van der Waals surface area contributed by atoms with Crippen LogP contribution in [-0.4, -0.2) is 21.1 Å². The molecule has 0 amide bonds. The van der Waals surface area contributed by atoms with Crippen molar-refractivity contribution >= 4 is 46.4 Å². The van der Waals surface area contributed by atoms with Gasteiger partial charge in [-0.3, -0.25) is 0 Å². The molecule has 0 aliphatic carbocycles. The Balaban J connectivity index is 0.978. The van der Waals surface area contributed by atoms with Crippen molar-refractivity contribution in [2.45, 2.75) is 59.2 Å². The van der Waals surface area contributed by atoms with E-state index in [-0.39, 0.29) is 29.3 Å². The molecule has 3 aliphatic heterocycles. The van der Waals surface area contributed by atoms with E-state index in [2.05, 4.69) is 243 Å². The van der Waals surface area contributed by atoms with Crippen LogP contribution in [0.4, 0.5) is 22.9 Å². The molecule has 0 saturated heterocycles. The van der Waals surface area contributed by atoms with Crippen molar-refractivity contribution in [1.29, 1.82) is 0 Å². The molecule has 376 valence electrons. The molecule has 6 nitrogen and oxygen atoms in total. The number of imidazole rings is 1. The molecule has 5 heterocycles. The zero-order chi connectivity index (χ0) is 55.0. The maximum absolute atomic E-state index is 8.78. The first-order valence-corrected chi connectivity index (χ1v) is 27.4. The fraction of sp³-hybridized carbons (Fsp3) is 0.130. The van der Waals surface area contributed by atoms with Crippen molar-refractivity contribution < 1.29 is 28.2 Å². The fourth-order valence-electron chi connectivity index (χ4n) is 11.8. The van der Waals surface area contributed by atoms with Crippen molar-refractivity contribution in [3.63, 3.8) is 0 Å². The van der Waals surface area contributed by atoms with Gasteiger partial charge in [0.2, 0.25) is 0 Å². The van der Waals surface area contributed by atoms with Crippen LogP contribution in [-0.2, 0) is 30.2 Å². The van der Waals surface area contributed by atoms with Crippen molar-refractivity contribution in [3.8, 4) is 78.6 Å². The van der Waals surface area contributed by atoms with Crippen molar-refractivity contribution in [1.82, 2.24) is 14.1 Å². The summed E-state index contributed by atoms with van der Waals surface area (Å²) in [5.74, 6) is 1.37. The molecule has 0 N–H and O–H groups in total. The van der Waals surface area contributed by atoms with E-state index in [1.54, 1.807) is 12.1 Å². The monoisotopic (exact) mass is 1180 g/mol. The van der Waals surface area contributed by atoms with E-state index in [4.69, 9.17) is 13.8 Å². The van der Waals surface area contributed by atoms with Gasteiger partial charge in [-0.2, -0.15) is 12.1 Å². The Morgan fingerprint density at radius 2 is 1.17 bits per heavy atom. The van der Waals surface area contributed by atoms with Crippen LogP contribution in [0, 0.1) is 22.8 Å². The Morgan fingerprint density at radius 3 is 1.95 bits per heavy atom. The van der Waals surface area contributed by atoms with E-state index in [1.807, 2.05) is 36.4 Å². The van der Waals surface area contributed by atoms with Crippen LogP contribution < -0.4 is 19.8 Å². The van der Waals surface area contributed by atoms with Gasteiger partial charge in [-0.15, -0.1) is 6.07 Å². The molecule has 0 fully saturated rings. The molecule has 3 aliphatic rings. The van der Waals surface area contributed by atoms with Crippen molar-refractivity contribution in [2.24, 2.45) is 0 Å². The zero-order valence-electron chi connectivity index (χ0n) is 46.6. The molecule has 2 aromatic heterocycles. The summed E-state index contributed by atoms with van der Waals surface area (Å²) in [4.78, 5) is 10.2. The minimum atomic E-state index is -2.43. The van der Waals surface area contributed by atoms with Crippen molar-refractivity contribution in [3.05, 3.63) is 233 Å². The summed E-state index contributed by atoms with van der Waals surface area (Å²) in [6.45, 7) is 11.0. The number of benzene rings is 9. The molecule has 14 rings (SSSR count). The number of aromatic nitrogens is 3. The third-order valence-electron chi connectivity index (χ3n) is 15.6. The number of fused-ring (bicyclic) bond motifs is 10. The van der Waals surface area contributed by atoms with Crippen LogP contribution in [0.2, 0.25) is 0 Å². The van der Waals surface area contributed by atoms with Crippen LogP contribution in [0.1, 0.15) is 62.3 Å². The molecule has 0 atom stereocenters. The Labute approximate surface area is 466 Å². The van der Waals surface area contributed by atoms with Gasteiger partial charge in [0.05, 0.1) is 0 Å². The molecule has 0 bridgehead atoms. The van der Waals surface area contributed by atoms with Crippen LogP contribution in [0.3, 0.4) is 0 Å². The molecule has 0 radical (unpaired) electrons. The Bertz CT molecular complexity index is 4420. The second-order valence-corrected chi connectivity index (χ2v) is 23.3. The number of para-hydroxylation sites is 4. The minimum absolute atomic E-state index is 0.0633. The molecule has 11 aromatic rings. The fourth-order valence-corrected chi connectivity index (χ4v) is 12.9. The van der Waals surface area contributed by atoms with Gasteiger partial charge in [-0.05, 0) is 11.6 Å². The van der Waals surface area contributed by atoms with E-state index in [9.17, 15) is 0 Å². The van der Waals surface area contributed by atoms with Gasteiger partial charge in [0, 0.05) is 11.3 Å². The summed E-state index contributed by atoms with van der Waals surface area (Å²) in [6.07, 6.45) is 0. The molecular weight excluding hydrogens is 1120 g/mol. The summed E-state index contributed by atoms with van der Waals surface area (Å²) < 4.78 is 39.1. The average molecular weight is 1180 g/mol. The number of anilines is 4. The number of nitrogens with zero attached hydrogens (tertiary/aromatic N) is 5. The quantitative estimate of drug-likeness (QED) is 0.118. The van der Waals surface area contributed by atoms with E-state index >= 15 is 0 Å². The number of hydrogen-bond acceptors (Lipinski definition) is 4. The number of aryl methyl sites for hydroxylation is 1. The van der Waals surface area contributed by atoms with Gasteiger partial charge in [-0.1, -0.05) is 30.3 Å². The second-order valence-electron chi connectivity index (χ2n) is 22.3. The Kier molecular flexibility index (Phi) is 10.1. The summed E-state index contributed by atoms with van der Waals surface area (Å²) in [7, 11) is 0. The summed E-state index contributed by atoms with van der Waals surface area (Å²) in [5, 5.41) is 0.